The molecule has 0 aliphatic rings. The van der Waals surface area contributed by atoms with Gasteiger partial charge in [0.25, 0.3) is 0 Å². The minimum Gasteiger partial charge on any atom is -0.361 e. The van der Waals surface area contributed by atoms with E-state index in [0.29, 0.717) is 17.4 Å². The number of nitrogens with one attached hydrogen (secondary N) is 3. The lowest BCUT2D eigenvalue weighted by atomic mass is 10.1. The number of guanidine groups is 1. The molecular weight excluding hydrogens is 486 g/mol. The van der Waals surface area contributed by atoms with Crippen molar-refractivity contribution in [2.45, 2.75) is 19.5 Å². The molecule has 0 aliphatic heterocycles. The Morgan fingerprint density at radius 1 is 1.29 bits per heavy atom. The van der Waals surface area contributed by atoms with E-state index in [9.17, 15) is 18.0 Å². The maximum Gasteiger partial charge on any atom is 0.406 e. The topological polar surface area (TPSA) is 72.5 Å². The van der Waals surface area contributed by atoms with Gasteiger partial charge in [-0.25, -0.2) is 0 Å². The van der Waals surface area contributed by atoms with Gasteiger partial charge in [0.05, 0.1) is 6.54 Å². The molecule has 0 aliphatic carbocycles. The smallest absolute Gasteiger partial charge is 0.361 e. The van der Waals surface area contributed by atoms with Gasteiger partial charge in [0, 0.05) is 37.7 Å². The van der Waals surface area contributed by atoms with E-state index in [2.05, 4.69) is 38.8 Å². The first-order chi connectivity index (χ1) is 12.7. The van der Waals surface area contributed by atoms with Crippen LogP contribution in [0.2, 0.25) is 0 Å². The molecule has 156 valence electrons. The molecule has 10 heteroatoms. The van der Waals surface area contributed by atoms with Crippen LogP contribution in [0.25, 0.3) is 10.9 Å². The van der Waals surface area contributed by atoms with E-state index < -0.39 is 18.6 Å². The van der Waals surface area contributed by atoms with Crippen molar-refractivity contribution in [3.63, 3.8) is 0 Å². The van der Waals surface area contributed by atoms with Crippen LogP contribution in [-0.4, -0.2) is 61.7 Å². The van der Waals surface area contributed by atoms with Gasteiger partial charge in [-0.2, -0.15) is 13.2 Å². The van der Waals surface area contributed by atoms with Gasteiger partial charge in [0.1, 0.15) is 6.54 Å². The molecule has 6 nitrogen and oxygen atoms in total. The molecule has 0 radical (unpaired) electrons. The lowest BCUT2D eigenvalue weighted by Gasteiger charge is -2.20. The molecule has 1 aromatic carbocycles. The van der Waals surface area contributed by atoms with Crippen molar-refractivity contribution in [2.24, 2.45) is 4.99 Å². The Morgan fingerprint density at radius 2 is 2.00 bits per heavy atom. The molecule has 0 bridgehead atoms. The second-order valence-electron chi connectivity index (χ2n) is 6.33. The Labute approximate surface area is 179 Å². The van der Waals surface area contributed by atoms with Gasteiger partial charge in [-0.3, -0.25) is 9.79 Å². The van der Waals surface area contributed by atoms with Crippen molar-refractivity contribution in [3.8, 4) is 0 Å². The van der Waals surface area contributed by atoms with E-state index in [1.807, 2.05) is 13.1 Å². The Kier molecular flexibility index (Phi) is 9.05. The molecule has 0 saturated carbocycles. The second kappa shape index (κ2) is 10.5. The number of halogens is 4. The average molecular weight is 511 g/mol. The zero-order valence-electron chi connectivity index (χ0n) is 16.0. The van der Waals surface area contributed by atoms with Crippen molar-refractivity contribution >= 4 is 46.7 Å². The summed E-state index contributed by atoms with van der Waals surface area (Å²) in [5.41, 5.74) is 3.40. The largest absolute Gasteiger partial charge is 0.406 e. The summed E-state index contributed by atoms with van der Waals surface area (Å²) in [5.74, 6) is -0.304. The summed E-state index contributed by atoms with van der Waals surface area (Å²) in [7, 11) is 2.65. The molecule has 0 atom stereocenters. The predicted molar refractivity (Wildman–Crippen MR) is 115 cm³/mol. The quantitative estimate of drug-likeness (QED) is 0.318. The highest BCUT2D eigenvalue weighted by molar-refractivity contribution is 14.0. The lowest BCUT2D eigenvalue weighted by molar-refractivity contribution is -0.157. The fourth-order valence-electron chi connectivity index (χ4n) is 2.69. The lowest BCUT2D eigenvalue weighted by Crippen LogP contribution is -2.45. The van der Waals surface area contributed by atoms with Crippen LogP contribution in [0, 0.1) is 6.92 Å². The Morgan fingerprint density at radius 3 is 2.64 bits per heavy atom. The van der Waals surface area contributed by atoms with Crippen LogP contribution in [0.4, 0.5) is 13.2 Å². The normalized spacial score (nSPS) is 11.9. The number of hydrogen-bond acceptors (Lipinski definition) is 2. The molecule has 0 fully saturated rings. The fraction of sp³-hybridized carbons (Fsp3) is 0.444. The van der Waals surface area contributed by atoms with Gasteiger partial charge >= 0.3 is 6.18 Å². The SMILES string of the molecule is CN=C(NCCc1c[nH]c2cc(C)ccc12)NCC(=O)N(C)CC(F)(F)F.I. The van der Waals surface area contributed by atoms with Crippen molar-refractivity contribution in [2.75, 3.05) is 33.7 Å². The molecule has 0 spiro atoms. The molecule has 1 aromatic heterocycles. The van der Waals surface area contributed by atoms with Crippen molar-refractivity contribution in [1.29, 1.82) is 0 Å². The number of aliphatic imine (C=N–C) groups is 1. The van der Waals surface area contributed by atoms with E-state index in [4.69, 9.17) is 0 Å². The number of aromatic nitrogens is 1. The van der Waals surface area contributed by atoms with Crippen LogP contribution < -0.4 is 10.6 Å². The van der Waals surface area contributed by atoms with Gasteiger partial charge in [-0.05, 0) is 30.5 Å². The number of aryl methyl sites for hydroxylation is 1. The molecule has 28 heavy (non-hydrogen) atoms. The van der Waals surface area contributed by atoms with Gasteiger partial charge in [-0.1, -0.05) is 12.1 Å². The summed E-state index contributed by atoms with van der Waals surface area (Å²) in [4.78, 5) is 19.6. The summed E-state index contributed by atoms with van der Waals surface area (Å²) in [6, 6.07) is 6.20. The number of benzene rings is 1. The molecule has 2 rings (SSSR count). The summed E-state index contributed by atoms with van der Waals surface area (Å²) in [5, 5.41) is 6.94. The third-order valence-electron chi connectivity index (χ3n) is 4.08. The maximum absolute atomic E-state index is 12.3. The minimum absolute atomic E-state index is 0. The Bertz CT molecular complexity index is 819. The zero-order chi connectivity index (χ0) is 20.0. The Balaban J connectivity index is 0.00000392. The maximum atomic E-state index is 12.3. The number of H-pyrrole nitrogens is 1. The summed E-state index contributed by atoms with van der Waals surface area (Å²) in [6.07, 6.45) is -1.73. The van der Waals surface area contributed by atoms with Gasteiger partial charge in [0.2, 0.25) is 5.91 Å². The van der Waals surface area contributed by atoms with Crippen LogP contribution in [0.1, 0.15) is 11.1 Å². The summed E-state index contributed by atoms with van der Waals surface area (Å²) in [6.45, 7) is 1.05. The van der Waals surface area contributed by atoms with Gasteiger partial charge < -0.3 is 20.5 Å². The number of amides is 1. The van der Waals surface area contributed by atoms with Crippen LogP contribution in [0.15, 0.2) is 29.4 Å². The number of fused-ring (bicyclic) bond motifs is 1. The first-order valence-corrected chi connectivity index (χ1v) is 8.51. The molecule has 2 aromatic rings. The molecule has 1 heterocycles. The highest BCUT2D eigenvalue weighted by Gasteiger charge is 2.31. The van der Waals surface area contributed by atoms with Crippen LogP contribution >= 0.6 is 24.0 Å². The number of alkyl halides is 3. The van der Waals surface area contributed by atoms with Crippen LogP contribution in [-0.2, 0) is 11.2 Å². The zero-order valence-corrected chi connectivity index (χ0v) is 18.3. The molecule has 0 unspecified atom stereocenters. The van der Waals surface area contributed by atoms with E-state index >= 15 is 0 Å². The van der Waals surface area contributed by atoms with E-state index in [-0.39, 0.29) is 30.5 Å². The first-order valence-electron chi connectivity index (χ1n) is 8.51. The number of rotatable bonds is 6. The monoisotopic (exact) mass is 511 g/mol. The van der Waals surface area contributed by atoms with Crippen molar-refractivity contribution in [1.82, 2.24) is 20.5 Å². The van der Waals surface area contributed by atoms with E-state index in [1.54, 1.807) is 0 Å². The summed E-state index contributed by atoms with van der Waals surface area (Å²) >= 11 is 0. The predicted octanol–water partition coefficient (Wildman–Crippen LogP) is 2.82. The molecular formula is C18H25F3IN5O. The second-order valence-corrected chi connectivity index (χ2v) is 6.33. The third-order valence-corrected chi connectivity index (χ3v) is 4.08. The standard InChI is InChI=1S/C18H24F3N5O.HI/c1-12-4-5-14-13(9-24-15(14)8-12)6-7-23-17(22-2)25-10-16(27)26(3)11-18(19,20)21;/h4-5,8-9,24H,6-7,10-11H2,1-3H3,(H2,22,23,25);1H. The Hall–Kier alpha value is -1.98. The number of carbonyl (C=O) groups excluding carboxylic acids is 1. The minimum atomic E-state index is -4.41. The van der Waals surface area contributed by atoms with Crippen molar-refractivity contribution in [3.05, 3.63) is 35.5 Å². The number of carbonyl (C=O) groups is 1. The van der Waals surface area contributed by atoms with Crippen molar-refractivity contribution < 1.29 is 18.0 Å². The van der Waals surface area contributed by atoms with E-state index in [1.165, 1.54) is 12.6 Å². The van der Waals surface area contributed by atoms with Crippen LogP contribution in [0.5, 0.6) is 0 Å². The molecule has 3 N–H and O–H groups in total. The molecule has 1 amide bonds. The highest BCUT2D eigenvalue weighted by atomic mass is 127. The molecule has 0 saturated heterocycles. The van der Waals surface area contributed by atoms with Gasteiger partial charge in [-0.15, -0.1) is 24.0 Å². The van der Waals surface area contributed by atoms with Gasteiger partial charge in [0.15, 0.2) is 5.96 Å². The third kappa shape index (κ3) is 7.21. The highest BCUT2D eigenvalue weighted by Crippen LogP contribution is 2.19. The number of nitrogens with zero attached hydrogens (tertiary/aromatic N) is 2. The van der Waals surface area contributed by atoms with E-state index in [0.717, 1.165) is 29.9 Å². The number of hydrogen-bond donors (Lipinski definition) is 3. The average Bonchev–Trinajstić information content (AvgIpc) is 2.98. The number of aromatic amines is 1. The number of likely N-dealkylation sites (N-methyl/N-ethyl adjacent to an activating group) is 1. The summed E-state index contributed by atoms with van der Waals surface area (Å²) < 4.78 is 36.9. The first kappa shape index (κ1) is 24.1. The fourth-order valence-corrected chi connectivity index (χ4v) is 2.69. The van der Waals surface area contributed by atoms with Crippen LogP contribution in [0.3, 0.4) is 0 Å².